The molecule has 3 aromatic rings. The Bertz CT molecular complexity index is 1590. The second-order valence-corrected chi connectivity index (χ2v) is 20.6. The van der Waals surface area contributed by atoms with E-state index >= 15 is 0 Å². The van der Waals surface area contributed by atoms with Crippen molar-refractivity contribution in [1.29, 1.82) is 0 Å². The van der Waals surface area contributed by atoms with Gasteiger partial charge in [0.15, 0.2) is 0 Å². The average molecular weight is 728 g/mol. The van der Waals surface area contributed by atoms with Gasteiger partial charge in [-0.25, -0.2) is 9.36 Å². The Balaban J connectivity index is 1.86. The molecular formula is C37H51BrN2O6Si. The van der Waals surface area contributed by atoms with Gasteiger partial charge in [-0.15, -0.1) is 0 Å². The number of carbonyl (C=O) groups is 2. The van der Waals surface area contributed by atoms with Crippen molar-refractivity contribution in [2.75, 3.05) is 13.7 Å². The van der Waals surface area contributed by atoms with Crippen molar-refractivity contribution >= 4 is 47.2 Å². The van der Waals surface area contributed by atoms with E-state index in [1.165, 1.54) is 0 Å². The van der Waals surface area contributed by atoms with Crippen LogP contribution in [0.5, 0.6) is 5.75 Å². The van der Waals surface area contributed by atoms with E-state index in [9.17, 15) is 9.59 Å². The molecule has 0 saturated carbocycles. The predicted molar refractivity (Wildman–Crippen MR) is 194 cm³/mol. The number of ether oxygens (including phenoxy) is 3. The van der Waals surface area contributed by atoms with Crippen LogP contribution in [0.15, 0.2) is 60.9 Å². The SMILES string of the molecule is CCC(Br)C(=O)N1[C@H](COCc2ccc(OC)cc2)Cc2c(n(C(=O)OC(C)(C)C)c3ccccc23)[C@H]1/C=C/O[Si](C)(C)C(C)(C)C. The maximum atomic E-state index is 14.3. The summed E-state index contributed by atoms with van der Waals surface area (Å²) in [4.78, 5) is 29.8. The molecule has 1 aliphatic heterocycles. The molecule has 1 unspecified atom stereocenters. The number of fused-ring (bicyclic) bond motifs is 3. The van der Waals surface area contributed by atoms with Gasteiger partial charge in [0.2, 0.25) is 14.2 Å². The second-order valence-electron chi connectivity index (χ2n) is 14.7. The zero-order valence-corrected chi connectivity index (χ0v) is 32.1. The first-order valence-electron chi connectivity index (χ1n) is 16.4. The summed E-state index contributed by atoms with van der Waals surface area (Å²) in [5.74, 6) is 0.711. The third kappa shape index (κ3) is 8.32. The van der Waals surface area contributed by atoms with Crippen LogP contribution in [0.3, 0.4) is 0 Å². The zero-order valence-electron chi connectivity index (χ0n) is 29.6. The molecule has 0 aliphatic carbocycles. The lowest BCUT2D eigenvalue weighted by Gasteiger charge is -2.42. The second kappa shape index (κ2) is 14.6. The fourth-order valence-electron chi connectivity index (χ4n) is 5.52. The van der Waals surface area contributed by atoms with E-state index in [1.807, 2.05) is 87.2 Å². The van der Waals surface area contributed by atoms with Crippen LogP contribution in [0.2, 0.25) is 18.1 Å². The van der Waals surface area contributed by atoms with Crippen LogP contribution < -0.4 is 4.74 Å². The molecule has 2 aromatic carbocycles. The fraction of sp³-hybridized carbons (Fsp3) is 0.514. The van der Waals surface area contributed by atoms with E-state index in [0.717, 1.165) is 27.8 Å². The number of halogens is 1. The Morgan fingerprint density at radius 1 is 1.04 bits per heavy atom. The summed E-state index contributed by atoms with van der Waals surface area (Å²) in [5.41, 5.74) is 2.75. The Morgan fingerprint density at radius 2 is 1.70 bits per heavy atom. The Labute approximate surface area is 289 Å². The lowest BCUT2D eigenvalue weighted by Crippen LogP contribution is -2.52. The standard InChI is InChI=1S/C37H51BrN2O6Si/c1-11-30(38)34(41)39-26(24-44-23-25-16-18-27(43-8)19-17-25)22-29-28-14-12-13-15-31(28)40(35(42)46-36(2,3)4)33(29)32(39)20-21-45-47(9,10)37(5,6)7/h12-21,26,30,32H,11,22-24H2,1-10H3/b21-20+/t26-,30?,32+/m0/s1. The minimum absolute atomic E-state index is 0.0169. The Hall–Kier alpha value is -3.08. The van der Waals surface area contributed by atoms with Crippen LogP contribution in [-0.2, 0) is 31.7 Å². The number of benzene rings is 2. The van der Waals surface area contributed by atoms with Gasteiger partial charge in [-0.3, -0.25) is 4.79 Å². The molecule has 0 spiro atoms. The topological polar surface area (TPSA) is 79.2 Å². The molecule has 2 heterocycles. The molecule has 3 atom stereocenters. The molecule has 10 heteroatoms. The summed E-state index contributed by atoms with van der Waals surface area (Å²) in [6.45, 7) is 19.2. The summed E-state index contributed by atoms with van der Waals surface area (Å²) in [5, 5.41) is 0.937. The summed E-state index contributed by atoms with van der Waals surface area (Å²) in [7, 11) is -0.529. The molecule has 1 aliphatic rings. The van der Waals surface area contributed by atoms with Crippen molar-refractivity contribution in [2.24, 2.45) is 0 Å². The highest BCUT2D eigenvalue weighted by molar-refractivity contribution is 9.10. The number of alkyl halides is 1. The smallest absolute Gasteiger partial charge is 0.419 e. The van der Waals surface area contributed by atoms with Crippen LogP contribution in [0, 0.1) is 0 Å². The van der Waals surface area contributed by atoms with Crippen molar-refractivity contribution in [3.05, 3.63) is 77.7 Å². The molecule has 256 valence electrons. The number of aromatic nitrogens is 1. The summed E-state index contributed by atoms with van der Waals surface area (Å²) in [6.07, 6.45) is 4.32. The molecule has 0 fully saturated rings. The lowest BCUT2D eigenvalue weighted by molar-refractivity contribution is -0.137. The van der Waals surface area contributed by atoms with Gasteiger partial charge in [0, 0.05) is 5.39 Å². The van der Waals surface area contributed by atoms with Crippen molar-refractivity contribution in [2.45, 2.75) is 109 Å². The number of methoxy groups -OCH3 is 1. The molecule has 0 saturated heterocycles. The molecule has 1 aromatic heterocycles. The highest BCUT2D eigenvalue weighted by Gasteiger charge is 2.43. The minimum Gasteiger partial charge on any atom is -0.549 e. The van der Waals surface area contributed by atoms with E-state index in [1.54, 1.807) is 17.9 Å². The summed E-state index contributed by atoms with van der Waals surface area (Å²) >= 11 is 3.65. The first kappa shape index (κ1) is 36.7. The van der Waals surface area contributed by atoms with E-state index < -0.39 is 30.9 Å². The Morgan fingerprint density at radius 3 is 2.30 bits per heavy atom. The number of amides is 1. The van der Waals surface area contributed by atoms with Gasteiger partial charge in [-0.1, -0.05) is 74.0 Å². The molecule has 0 bridgehead atoms. The number of para-hydroxylation sites is 1. The number of nitrogens with zero attached hydrogens (tertiary/aromatic N) is 2. The number of hydrogen-bond donors (Lipinski definition) is 0. The lowest BCUT2D eigenvalue weighted by atomic mass is 9.91. The van der Waals surface area contributed by atoms with Crippen molar-refractivity contribution in [3.8, 4) is 5.75 Å². The van der Waals surface area contributed by atoms with Gasteiger partial charge in [-0.2, -0.15) is 0 Å². The van der Waals surface area contributed by atoms with Gasteiger partial charge >= 0.3 is 6.09 Å². The van der Waals surface area contributed by atoms with E-state index in [-0.39, 0.29) is 17.0 Å². The van der Waals surface area contributed by atoms with E-state index in [4.69, 9.17) is 18.6 Å². The number of rotatable bonds is 10. The van der Waals surface area contributed by atoms with E-state index in [0.29, 0.717) is 31.7 Å². The first-order chi connectivity index (χ1) is 22.0. The van der Waals surface area contributed by atoms with Gasteiger partial charge < -0.3 is 23.5 Å². The monoisotopic (exact) mass is 726 g/mol. The average Bonchev–Trinajstić information content (AvgIpc) is 3.33. The molecule has 8 nitrogen and oxygen atoms in total. The highest BCUT2D eigenvalue weighted by atomic mass is 79.9. The van der Waals surface area contributed by atoms with Crippen LogP contribution in [0.4, 0.5) is 4.79 Å². The molecule has 0 N–H and O–H groups in total. The highest BCUT2D eigenvalue weighted by Crippen LogP contribution is 2.43. The molecule has 0 radical (unpaired) electrons. The zero-order chi connectivity index (χ0) is 34.7. The van der Waals surface area contributed by atoms with Gasteiger partial charge in [0.1, 0.15) is 11.4 Å². The third-order valence-electron chi connectivity index (χ3n) is 9.06. The van der Waals surface area contributed by atoms with Crippen molar-refractivity contribution in [3.63, 3.8) is 0 Å². The quantitative estimate of drug-likeness (QED) is 0.118. The van der Waals surface area contributed by atoms with E-state index in [2.05, 4.69) is 49.8 Å². The normalized spacial score (nSPS) is 17.9. The van der Waals surface area contributed by atoms with Crippen LogP contribution in [0.25, 0.3) is 10.9 Å². The predicted octanol–water partition coefficient (Wildman–Crippen LogP) is 9.15. The largest absolute Gasteiger partial charge is 0.549 e. The fourth-order valence-corrected chi connectivity index (χ4v) is 6.53. The van der Waals surface area contributed by atoms with Gasteiger partial charge in [-0.05, 0) is 87.1 Å². The first-order valence-corrected chi connectivity index (χ1v) is 20.2. The van der Waals surface area contributed by atoms with Crippen LogP contribution in [-0.4, -0.2) is 60.0 Å². The molecular weight excluding hydrogens is 676 g/mol. The minimum atomic E-state index is -2.17. The summed E-state index contributed by atoms with van der Waals surface area (Å²) in [6, 6.07) is 14.7. The molecule has 4 rings (SSSR count). The molecule has 47 heavy (non-hydrogen) atoms. The van der Waals surface area contributed by atoms with Crippen LogP contribution in [0.1, 0.15) is 77.7 Å². The van der Waals surface area contributed by atoms with Gasteiger partial charge in [0.05, 0.1) is 54.7 Å². The third-order valence-corrected chi connectivity index (χ3v) is 14.4. The Kier molecular flexibility index (Phi) is 11.4. The van der Waals surface area contributed by atoms with Crippen molar-refractivity contribution in [1.82, 2.24) is 9.47 Å². The summed E-state index contributed by atoms with van der Waals surface area (Å²) < 4.78 is 25.8. The molecule has 1 amide bonds. The van der Waals surface area contributed by atoms with Crippen molar-refractivity contribution < 1.29 is 28.2 Å². The van der Waals surface area contributed by atoms with Crippen LogP contribution >= 0.6 is 15.9 Å². The number of carbonyl (C=O) groups excluding carboxylic acids is 2. The maximum absolute atomic E-state index is 14.3. The van der Waals surface area contributed by atoms with Gasteiger partial charge in [0.25, 0.3) is 0 Å². The number of hydrogen-bond acceptors (Lipinski definition) is 6. The maximum Gasteiger partial charge on any atom is 0.419 e.